The van der Waals surface area contributed by atoms with Gasteiger partial charge in [-0.05, 0) is 60.9 Å². The van der Waals surface area contributed by atoms with Crippen molar-refractivity contribution in [2.75, 3.05) is 11.9 Å². The van der Waals surface area contributed by atoms with Crippen molar-refractivity contribution in [1.29, 1.82) is 0 Å². The van der Waals surface area contributed by atoms with Crippen molar-refractivity contribution in [3.05, 3.63) is 93.3 Å². The molecule has 168 valence electrons. The number of carbonyl (C=O) groups is 1. The van der Waals surface area contributed by atoms with Crippen molar-refractivity contribution in [3.63, 3.8) is 0 Å². The summed E-state index contributed by atoms with van der Waals surface area (Å²) in [7, 11) is 0. The van der Waals surface area contributed by atoms with Gasteiger partial charge in [0.05, 0.1) is 5.39 Å². The fourth-order valence-electron chi connectivity index (χ4n) is 3.19. The topological polar surface area (TPSA) is 77.8 Å². The Morgan fingerprint density at radius 1 is 1.03 bits per heavy atom. The second-order valence-electron chi connectivity index (χ2n) is 7.49. The van der Waals surface area contributed by atoms with Crippen LogP contribution in [0, 0.1) is 6.92 Å². The molecule has 7 heteroatoms. The number of benzene rings is 3. The molecule has 1 heterocycles. The Morgan fingerprint density at radius 3 is 2.52 bits per heavy atom. The number of nitrogens with one attached hydrogen (secondary N) is 1. The Labute approximate surface area is 195 Å². The first-order valence-corrected chi connectivity index (χ1v) is 10.8. The van der Waals surface area contributed by atoms with Crippen LogP contribution in [-0.2, 0) is 11.2 Å². The van der Waals surface area contributed by atoms with Crippen molar-refractivity contribution in [2.45, 2.75) is 20.3 Å². The third-order valence-corrected chi connectivity index (χ3v) is 5.51. The van der Waals surface area contributed by atoms with Gasteiger partial charge in [0.15, 0.2) is 6.61 Å². The molecule has 3 aromatic carbocycles. The molecule has 1 N–H and O–H groups in total. The standard InChI is InChI=1S/C26H22ClNO5/c1-3-17-5-8-19(9-6-17)33-24-14-32-23-13-20(10-11-21(23)26(24)30)31-15-25(29)28-18-7-4-16(2)22(27)12-18/h4-14H,3,15H2,1-2H3,(H,28,29). The molecule has 4 rings (SSSR count). The SMILES string of the molecule is CCc1ccc(Oc2coc3cc(OCC(=O)Nc4ccc(C)c(Cl)c4)ccc3c2=O)cc1. The normalized spacial score (nSPS) is 10.8. The van der Waals surface area contributed by atoms with Gasteiger partial charge in [-0.25, -0.2) is 0 Å². The van der Waals surface area contributed by atoms with E-state index in [2.05, 4.69) is 12.2 Å². The van der Waals surface area contributed by atoms with E-state index in [1.807, 2.05) is 37.3 Å². The van der Waals surface area contributed by atoms with Gasteiger partial charge >= 0.3 is 0 Å². The molecule has 0 unspecified atom stereocenters. The summed E-state index contributed by atoms with van der Waals surface area (Å²) < 4.78 is 16.8. The van der Waals surface area contributed by atoms with Crippen LogP contribution in [0.2, 0.25) is 5.02 Å². The summed E-state index contributed by atoms with van der Waals surface area (Å²) in [6.07, 6.45) is 2.20. The summed E-state index contributed by atoms with van der Waals surface area (Å²) in [5.41, 5.74) is 2.72. The van der Waals surface area contributed by atoms with E-state index in [1.165, 1.54) is 11.8 Å². The number of aryl methyl sites for hydroxylation is 2. The largest absolute Gasteiger partial charge is 0.484 e. The first-order valence-electron chi connectivity index (χ1n) is 10.4. The molecule has 0 saturated carbocycles. The third kappa shape index (κ3) is 5.35. The van der Waals surface area contributed by atoms with E-state index in [9.17, 15) is 9.59 Å². The molecule has 1 amide bonds. The van der Waals surface area contributed by atoms with Crippen molar-refractivity contribution >= 4 is 34.2 Å². The number of halogens is 1. The molecule has 0 saturated heterocycles. The monoisotopic (exact) mass is 463 g/mol. The summed E-state index contributed by atoms with van der Waals surface area (Å²) in [6.45, 7) is 3.74. The van der Waals surface area contributed by atoms with Gasteiger partial charge in [-0.2, -0.15) is 0 Å². The Bertz CT molecular complexity index is 1360. The molecule has 0 spiro atoms. The quantitative estimate of drug-likeness (QED) is 0.357. The highest BCUT2D eigenvalue weighted by atomic mass is 35.5. The number of rotatable bonds is 7. The Morgan fingerprint density at radius 2 is 1.79 bits per heavy atom. The molecule has 6 nitrogen and oxygen atoms in total. The van der Waals surface area contributed by atoms with E-state index in [0.29, 0.717) is 33.2 Å². The molecule has 0 radical (unpaired) electrons. The molecular weight excluding hydrogens is 442 g/mol. The highest BCUT2D eigenvalue weighted by Crippen LogP contribution is 2.25. The number of hydrogen-bond donors (Lipinski definition) is 1. The highest BCUT2D eigenvalue weighted by Gasteiger charge is 2.11. The molecule has 0 fully saturated rings. The fraction of sp³-hybridized carbons (Fsp3) is 0.154. The van der Waals surface area contributed by atoms with Crippen LogP contribution in [0.5, 0.6) is 17.2 Å². The lowest BCUT2D eigenvalue weighted by molar-refractivity contribution is -0.118. The Hall–Kier alpha value is -3.77. The molecule has 0 aliphatic carbocycles. The lowest BCUT2D eigenvalue weighted by atomic mass is 10.2. The van der Waals surface area contributed by atoms with Crippen LogP contribution in [-0.4, -0.2) is 12.5 Å². The van der Waals surface area contributed by atoms with Crippen molar-refractivity contribution in [3.8, 4) is 17.2 Å². The van der Waals surface area contributed by atoms with Crippen LogP contribution in [0.15, 0.2) is 76.1 Å². The zero-order valence-electron chi connectivity index (χ0n) is 18.2. The number of anilines is 1. The van der Waals surface area contributed by atoms with E-state index in [-0.39, 0.29) is 23.7 Å². The maximum Gasteiger partial charge on any atom is 0.262 e. The second kappa shape index (κ2) is 9.79. The van der Waals surface area contributed by atoms with Crippen LogP contribution >= 0.6 is 11.6 Å². The van der Waals surface area contributed by atoms with E-state index in [1.54, 1.807) is 30.3 Å². The minimum Gasteiger partial charge on any atom is -0.484 e. The fourth-order valence-corrected chi connectivity index (χ4v) is 3.37. The summed E-state index contributed by atoms with van der Waals surface area (Å²) in [5, 5.41) is 3.65. The number of amides is 1. The van der Waals surface area contributed by atoms with Crippen LogP contribution in [0.4, 0.5) is 5.69 Å². The molecule has 4 aromatic rings. The lowest BCUT2D eigenvalue weighted by Crippen LogP contribution is -2.20. The maximum absolute atomic E-state index is 12.8. The second-order valence-corrected chi connectivity index (χ2v) is 7.89. The van der Waals surface area contributed by atoms with Crippen molar-refractivity contribution < 1.29 is 18.7 Å². The molecule has 0 aliphatic heterocycles. The highest BCUT2D eigenvalue weighted by molar-refractivity contribution is 6.31. The average molecular weight is 464 g/mol. The minimum atomic E-state index is -0.339. The van der Waals surface area contributed by atoms with Gasteiger partial charge < -0.3 is 19.2 Å². The van der Waals surface area contributed by atoms with Gasteiger partial charge in [-0.15, -0.1) is 0 Å². The molecule has 0 aliphatic rings. The van der Waals surface area contributed by atoms with Crippen molar-refractivity contribution in [1.82, 2.24) is 0 Å². The predicted octanol–water partition coefficient (Wildman–Crippen LogP) is 6.13. The van der Waals surface area contributed by atoms with E-state index in [4.69, 9.17) is 25.5 Å². The summed E-state index contributed by atoms with van der Waals surface area (Å²) in [6, 6.07) is 17.5. The lowest BCUT2D eigenvalue weighted by Gasteiger charge is -2.09. The summed E-state index contributed by atoms with van der Waals surface area (Å²) in [5.74, 6) is 0.706. The number of carbonyl (C=O) groups excluding carboxylic acids is 1. The van der Waals surface area contributed by atoms with Crippen LogP contribution in [0.3, 0.4) is 0 Å². The summed E-state index contributed by atoms with van der Waals surface area (Å²) in [4.78, 5) is 25.0. The van der Waals surface area contributed by atoms with Gasteiger partial charge in [-0.3, -0.25) is 9.59 Å². The minimum absolute atomic E-state index is 0.0940. The van der Waals surface area contributed by atoms with E-state index < -0.39 is 0 Å². The van der Waals surface area contributed by atoms with Gasteiger partial charge in [0, 0.05) is 16.8 Å². The molecule has 33 heavy (non-hydrogen) atoms. The van der Waals surface area contributed by atoms with E-state index >= 15 is 0 Å². The van der Waals surface area contributed by atoms with Crippen molar-refractivity contribution in [2.24, 2.45) is 0 Å². The zero-order chi connectivity index (χ0) is 23.4. The first-order chi connectivity index (χ1) is 15.9. The molecule has 0 atom stereocenters. The van der Waals surface area contributed by atoms with Gasteiger partial charge in [0.25, 0.3) is 5.91 Å². The summed E-state index contributed by atoms with van der Waals surface area (Å²) >= 11 is 6.08. The number of fused-ring (bicyclic) bond motifs is 1. The van der Waals surface area contributed by atoms with E-state index in [0.717, 1.165) is 12.0 Å². The van der Waals surface area contributed by atoms with Crippen LogP contribution in [0.1, 0.15) is 18.1 Å². The zero-order valence-corrected chi connectivity index (χ0v) is 18.9. The Kier molecular flexibility index (Phi) is 6.66. The van der Waals surface area contributed by atoms with Gasteiger partial charge in [-0.1, -0.05) is 36.7 Å². The van der Waals surface area contributed by atoms with Crippen LogP contribution in [0.25, 0.3) is 11.0 Å². The maximum atomic E-state index is 12.8. The number of hydrogen-bond acceptors (Lipinski definition) is 5. The van der Waals surface area contributed by atoms with Gasteiger partial charge in [0.1, 0.15) is 23.3 Å². The Balaban J connectivity index is 1.43. The van der Waals surface area contributed by atoms with Gasteiger partial charge in [0.2, 0.25) is 11.2 Å². The average Bonchev–Trinajstić information content (AvgIpc) is 2.82. The molecule has 1 aromatic heterocycles. The molecular formula is C26H22ClNO5. The smallest absolute Gasteiger partial charge is 0.262 e. The van der Waals surface area contributed by atoms with Crippen LogP contribution < -0.4 is 20.2 Å². The molecule has 0 bridgehead atoms. The third-order valence-electron chi connectivity index (χ3n) is 5.10. The number of ether oxygens (including phenoxy) is 2. The first kappa shape index (κ1) is 22.4. The predicted molar refractivity (Wildman–Crippen MR) is 129 cm³/mol.